The minimum absolute atomic E-state index is 0.190. The Hall–Kier alpha value is -2.18. The molecule has 21 heavy (non-hydrogen) atoms. The lowest BCUT2D eigenvalue weighted by atomic mass is 10.0. The maximum atomic E-state index is 13.4. The first-order valence-corrected chi connectivity index (χ1v) is 6.70. The predicted molar refractivity (Wildman–Crippen MR) is 77.9 cm³/mol. The van der Waals surface area contributed by atoms with Gasteiger partial charge in [-0.05, 0) is 37.1 Å². The van der Waals surface area contributed by atoms with Crippen LogP contribution in [-0.4, -0.2) is 9.78 Å². The van der Waals surface area contributed by atoms with E-state index >= 15 is 0 Å². The molecule has 0 aliphatic carbocycles. The number of nitrogens with zero attached hydrogens (tertiary/aromatic N) is 2. The fourth-order valence-corrected chi connectivity index (χ4v) is 2.58. The van der Waals surface area contributed by atoms with Crippen molar-refractivity contribution in [2.45, 2.75) is 19.4 Å². The van der Waals surface area contributed by atoms with Gasteiger partial charge in [0.05, 0.1) is 12.2 Å². The molecule has 0 saturated carbocycles. The minimum Gasteiger partial charge on any atom is -0.459 e. The number of fused-ring (bicyclic) bond motifs is 1. The third-order valence-corrected chi connectivity index (χ3v) is 3.65. The van der Waals surface area contributed by atoms with Gasteiger partial charge in [0.25, 0.3) is 0 Å². The van der Waals surface area contributed by atoms with Crippen LogP contribution in [0.15, 0.2) is 35.0 Å². The monoisotopic (exact) mass is 288 g/mol. The van der Waals surface area contributed by atoms with Crippen molar-refractivity contribution in [1.82, 2.24) is 15.2 Å². The van der Waals surface area contributed by atoms with Crippen molar-refractivity contribution in [1.29, 1.82) is 0 Å². The molecule has 3 N–H and O–H groups in total. The highest BCUT2D eigenvalue weighted by molar-refractivity contribution is 5.82. The van der Waals surface area contributed by atoms with Crippen LogP contribution in [0.25, 0.3) is 11.0 Å². The molecule has 3 rings (SSSR count). The second-order valence-corrected chi connectivity index (χ2v) is 5.18. The minimum atomic E-state index is -0.275. The fraction of sp³-hybridized carbons (Fsp3) is 0.267. The largest absolute Gasteiger partial charge is 0.459 e. The number of furan rings is 1. The molecule has 2 heterocycles. The van der Waals surface area contributed by atoms with Crippen LogP contribution in [0.2, 0.25) is 0 Å². The fourth-order valence-electron chi connectivity index (χ4n) is 2.58. The van der Waals surface area contributed by atoms with Crippen molar-refractivity contribution in [2.75, 3.05) is 0 Å². The molecule has 0 saturated heterocycles. The number of hydrogen-bond donors (Lipinski definition) is 2. The number of benzene rings is 1. The number of aromatic nitrogens is 2. The molecule has 0 spiro atoms. The Morgan fingerprint density at radius 3 is 2.95 bits per heavy atom. The number of rotatable bonds is 4. The molecule has 0 aliphatic rings. The lowest BCUT2D eigenvalue weighted by Gasteiger charge is -2.13. The average Bonchev–Trinajstić information content (AvgIpc) is 3.01. The van der Waals surface area contributed by atoms with Crippen LogP contribution in [0.4, 0.5) is 4.39 Å². The van der Waals surface area contributed by atoms with Gasteiger partial charge in [-0.25, -0.2) is 9.82 Å². The zero-order valence-corrected chi connectivity index (χ0v) is 11.9. The molecular formula is C15H17FN4O. The smallest absolute Gasteiger partial charge is 0.134 e. The van der Waals surface area contributed by atoms with Crippen LogP contribution in [0.3, 0.4) is 0 Å². The summed E-state index contributed by atoms with van der Waals surface area (Å²) in [7, 11) is 1.86. The van der Waals surface area contributed by atoms with E-state index in [-0.39, 0.29) is 11.9 Å². The third-order valence-electron chi connectivity index (χ3n) is 3.65. The summed E-state index contributed by atoms with van der Waals surface area (Å²) in [6, 6.07) is 4.32. The summed E-state index contributed by atoms with van der Waals surface area (Å²) in [5.41, 5.74) is 5.38. The van der Waals surface area contributed by atoms with Gasteiger partial charge >= 0.3 is 0 Å². The standard InChI is InChI=1S/C15H17FN4O/c1-9-12-6-11(16)3-4-14(12)21-15(9)13(19-17)5-10-7-18-20(2)8-10/h3-4,6-8,13,19H,5,17H2,1-2H3. The maximum Gasteiger partial charge on any atom is 0.134 e. The normalized spacial score (nSPS) is 13.0. The molecule has 2 aromatic heterocycles. The zero-order valence-electron chi connectivity index (χ0n) is 11.9. The number of nitrogens with one attached hydrogen (secondary N) is 1. The Balaban J connectivity index is 1.98. The van der Waals surface area contributed by atoms with Gasteiger partial charge in [0.15, 0.2) is 0 Å². The van der Waals surface area contributed by atoms with E-state index in [4.69, 9.17) is 10.3 Å². The van der Waals surface area contributed by atoms with E-state index < -0.39 is 0 Å². The van der Waals surface area contributed by atoms with Gasteiger partial charge in [-0.3, -0.25) is 10.5 Å². The summed E-state index contributed by atoms with van der Waals surface area (Å²) >= 11 is 0. The van der Waals surface area contributed by atoms with Gasteiger partial charge in [0, 0.05) is 24.2 Å². The highest BCUT2D eigenvalue weighted by Crippen LogP contribution is 2.31. The Bertz CT molecular complexity index is 777. The highest BCUT2D eigenvalue weighted by Gasteiger charge is 2.20. The Kier molecular flexibility index (Phi) is 3.48. The molecular weight excluding hydrogens is 271 g/mol. The lowest BCUT2D eigenvalue weighted by molar-refractivity contribution is 0.431. The first-order valence-electron chi connectivity index (χ1n) is 6.70. The molecule has 6 heteroatoms. The molecule has 3 aromatic rings. The molecule has 5 nitrogen and oxygen atoms in total. The van der Waals surface area contributed by atoms with E-state index in [1.807, 2.05) is 20.2 Å². The Morgan fingerprint density at radius 1 is 1.48 bits per heavy atom. The van der Waals surface area contributed by atoms with E-state index in [0.29, 0.717) is 12.0 Å². The summed E-state index contributed by atoms with van der Waals surface area (Å²) in [4.78, 5) is 0. The number of aryl methyl sites for hydroxylation is 2. The summed E-state index contributed by atoms with van der Waals surface area (Å²) in [5, 5.41) is 4.92. The van der Waals surface area contributed by atoms with E-state index in [1.54, 1.807) is 16.9 Å². The molecule has 0 fully saturated rings. The topological polar surface area (TPSA) is 69.0 Å². The van der Waals surface area contributed by atoms with Gasteiger partial charge in [-0.1, -0.05) is 0 Å². The molecule has 0 aliphatic heterocycles. The number of nitrogens with two attached hydrogens (primary N) is 1. The highest BCUT2D eigenvalue weighted by atomic mass is 19.1. The van der Waals surface area contributed by atoms with E-state index in [2.05, 4.69) is 10.5 Å². The maximum absolute atomic E-state index is 13.4. The van der Waals surface area contributed by atoms with Gasteiger partial charge < -0.3 is 4.42 Å². The summed E-state index contributed by atoms with van der Waals surface area (Å²) < 4.78 is 21.0. The van der Waals surface area contributed by atoms with Crippen LogP contribution in [0.5, 0.6) is 0 Å². The van der Waals surface area contributed by atoms with E-state index in [0.717, 1.165) is 22.3 Å². The molecule has 1 aromatic carbocycles. The summed E-state index contributed by atoms with van der Waals surface area (Å²) in [6.07, 6.45) is 4.37. The van der Waals surface area contributed by atoms with Gasteiger partial charge in [-0.15, -0.1) is 0 Å². The van der Waals surface area contributed by atoms with Crippen molar-refractivity contribution in [3.8, 4) is 0 Å². The predicted octanol–water partition coefficient (Wildman–Crippen LogP) is 2.36. The SMILES string of the molecule is Cc1c(C(Cc2cnn(C)c2)NN)oc2ccc(F)cc12. The van der Waals surface area contributed by atoms with Gasteiger partial charge in [-0.2, -0.15) is 5.10 Å². The van der Waals surface area contributed by atoms with Crippen LogP contribution >= 0.6 is 0 Å². The first-order chi connectivity index (χ1) is 10.1. The molecule has 0 radical (unpaired) electrons. The van der Waals surface area contributed by atoms with Gasteiger partial charge in [0.1, 0.15) is 17.2 Å². The second kappa shape index (κ2) is 5.31. The molecule has 1 unspecified atom stereocenters. The molecule has 110 valence electrons. The second-order valence-electron chi connectivity index (χ2n) is 5.18. The average molecular weight is 288 g/mol. The quantitative estimate of drug-likeness (QED) is 0.571. The van der Waals surface area contributed by atoms with Crippen molar-refractivity contribution >= 4 is 11.0 Å². The molecule has 0 bridgehead atoms. The third kappa shape index (κ3) is 2.55. The van der Waals surface area contributed by atoms with Crippen LogP contribution in [-0.2, 0) is 13.5 Å². The van der Waals surface area contributed by atoms with Crippen LogP contribution in [0.1, 0.15) is 22.9 Å². The number of hydrazine groups is 1. The summed E-state index contributed by atoms with van der Waals surface area (Å²) in [5.74, 6) is 6.12. The van der Waals surface area contributed by atoms with Crippen LogP contribution in [0, 0.1) is 12.7 Å². The molecule has 0 amide bonds. The van der Waals surface area contributed by atoms with Crippen molar-refractivity contribution < 1.29 is 8.81 Å². The lowest BCUT2D eigenvalue weighted by Crippen LogP contribution is -2.29. The number of halogens is 1. The Morgan fingerprint density at radius 2 is 2.29 bits per heavy atom. The molecule has 1 atom stereocenters. The van der Waals surface area contributed by atoms with E-state index in [1.165, 1.54) is 12.1 Å². The van der Waals surface area contributed by atoms with Crippen molar-refractivity contribution in [3.63, 3.8) is 0 Å². The van der Waals surface area contributed by atoms with Crippen molar-refractivity contribution in [2.24, 2.45) is 12.9 Å². The summed E-state index contributed by atoms with van der Waals surface area (Å²) in [6.45, 7) is 1.91. The first kappa shape index (κ1) is 13.8. The van der Waals surface area contributed by atoms with Crippen LogP contribution < -0.4 is 11.3 Å². The zero-order chi connectivity index (χ0) is 15.0. The van der Waals surface area contributed by atoms with Crippen molar-refractivity contribution in [3.05, 3.63) is 53.3 Å². The Labute approximate surface area is 121 Å². The van der Waals surface area contributed by atoms with Gasteiger partial charge in [0.2, 0.25) is 0 Å². The van der Waals surface area contributed by atoms with E-state index in [9.17, 15) is 4.39 Å². The number of hydrogen-bond acceptors (Lipinski definition) is 4.